The summed E-state index contributed by atoms with van der Waals surface area (Å²) in [7, 11) is -2.39. The zero-order chi connectivity index (χ0) is 19.5. The Morgan fingerprint density at radius 3 is 2.23 bits per heavy atom. The molecule has 1 N–H and O–H groups in total. The average molecular weight is 375 g/mol. The van der Waals surface area contributed by atoms with Gasteiger partial charge in [-0.3, -0.25) is 4.79 Å². The molecular formula is C19H21NO5S. The van der Waals surface area contributed by atoms with Gasteiger partial charge in [0.1, 0.15) is 0 Å². The van der Waals surface area contributed by atoms with E-state index in [4.69, 9.17) is 4.74 Å². The molecule has 0 saturated carbocycles. The molecule has 0 aliphatic carbocycles. The molecular weight excluding hydrogens is 354 g/mol. The quantitative estimate of drug-likeness (QED) is 0.619. The highest BCUT2D eigenvalue weighted by atomic mass is 32.2. The second kappa shape index (κ2) is 7.80. The number of esters is 1. The van der Waals surface area contributed by atoms with Crippen molar-refractivity contribution in [1.29, 1.82) is 0 Å². The van der Waals surface area contributed by atoms with E-state index in [1.54, 1.807) is 0 Å². The van der Waals surface area contributed by atoms with Gasteiger partial charge in [-0.2, -0.15) is 0 Å². The zero-order valence-corrected chi connectivity index (χ0v) is 15.9. The molecule has 0 radical (unpaired) electrons. The van der Waals surface area contributed by atoms with Gasteiger partial charge in [0.2, 0.25) is 15.8 Å². The number of carbonyl (C=O) groups is 2. The molecule has 0 amide bonds. The monoisotopic (exact) mass is 375 g/mol. The molecule has 2 rings (SSSR count). The number of rotatable bonds is 6. The molecule has 0 atom stereocenters. The first-order valence-electron chi connectivity index (χ1n) is 7.97. The predicted molar refractivity (Wildman–Crippen MR) is 98.0 cm³/mol. The number of hydrogen-bond acceptors (Lipinski definition) is 5. The summed E-state index contributed by atoms with van der Waals surface area (Å²) in [5.74, 6) is -1.05. The molecule has 138 valence electrons. The van der Waals surface area contributed by atoms with Gasteiger partial charge in [0, 0.05) is 5.56 Å². The summed E-state index contributed by atoms with van der Waals surface area (Å²) in [4.78, 5) is 24.6. The van der Waals surface area contributed by atoms with Gasteiger partial charge in [0.15, 0.2) is 6.61 Å². The normalized spacial score (nSPS) is 11.2. The predicted octanol–water partition coefficient (Wildman–Crippen LogP) is 2.56. The smallest absolute Gasteiger partial charge is 0.338 e. The first-order valence-corrected chi connectivity index (χ1v) is 9.46. The maximum Gasteiger partial charge on any atom is 0.338 e. The Morgan fingerprint density at radius 2 is 1.65 bits per heavy atom. The molecule has 0 unspecified atom stereocenters. The Morgan fingerprint density at radius 1 is 1.04 bits per heavy atom. The third-order valence-corrected chi connectivity index (χ3v) is 5.35. The van der Waals surface area contributed by atoms with Crippen LogP contribution in [0.1, 0.15) is 37.4 Å². The highest BCUT2D eigenvalue weighted by Gasteiger charge is 2.18. The van der Waals surface area contributed by atoms with E-state index >= 15 is 0 Å². The van der Waals surface area contributed by atoms with Crippen LogP contribution in [0.3, 0.4) is 0 Å². The van der Waals surface area contributed by atoms with Crippen LogP contribution in [0.15, 0.2) is 41.3 Å². The van der Waals surface area contributed by atoms with Gasteiger partial charge in [-0.1, -0.05) is 23.8 Å². The molecule has 0 bridgehead atoms. The first kappa shape index (κ1) is 19.8. The number of carbonyl (C=O) groups excluding carboxylic acids is 2. The average Bonchev–Trinajstić information content (AvgIpc) is 2.58. The minimum atomic E-state index is -3.67. The van der Waals surface area contributed by atoms with E-state index in [9.17, 15) is 18.0 Å². The van der Waals surface area contributed by atoms with Gasteiger partial charge in [-0.15, -0.1) is 0 Å². The van der Waals surface area contributed by atoms with Gasteiger partial charge in [-0.25, -0.2) is 17.9 Å². The van der Waals surface area contributed by atoms with Gasteiger partial charge in [0.05, 0.1) is 10.5 Å². The molecule has 0 saturated heterocycles. The summed E-state index contributed by atoms with van der Waals surface area (Å²) < 4.78 is 30.9. The number of nitrogens with one attached hydrogen (secondary N) is 1. The third kappa shape index (κ3) is 4.36. The molecule has 0 aliphatic rings. The van der Waals surface area contributed by atoms with Crippen LogP contribution in [0.5, 0.6) is 0 Å². The van der Waals surface area contributed by atoms with Crippen LogP contribution in [0.4, 0.5) is 0 Å². The topological polar surface area (TPSA) is 89.5 Å². The van der Waals surface area contributed by atoms with Crippen molar-refractivity contribution >= 4 is 21.8 Å². The number of benzene rings is 2. The lowest BCUT2D eigenvalue weighted by Crippen LogP contribution is -2.20. The van der Waals surface area contributed by atoms with E-state index in [0.717, 1.165) is 16.7 Å². The zero-order valence-electron chi connectivity index (χ0n) is 15.1. The fourth-order valence-corrected chi connectivity index (χ4v) is 3.59. The van der Waals surface area contributed by atoms with Crippen molar-refractivity contribution < 1.29 is 22.7 Å². The lowest BCUT2D eigenvalue weighted by Gasteiger charge is -2.11. The summed E-state index contributed by atoms with van der Waals surface area (Å²) in [6.45, 7) is 5.20. The number of aryl methyl sites for hydroxylation is 3. The van der Waals surface area contributed by atoms with Crippen LogP contribution < -0.4 is 4.72 Å². The van der Waals surface area contributed by atoms with E-state index in [0.29, 0.717) is 5.56 Å². The summed E-state index contributed by atoms with van der Waals surface area (Å²) in [5.41, 5.74) is 3.30. The van der Waals surface area contributed by atoms with E-state index in [1.165, 1.54) is 31.3 Å². The van der Waals surface area contributed by atoms with Crippen molar-refractivity contribution in [2.24, 2.45) is 0 Å². The van der Waals surface area contributed by atoms with E-state index in [2.05, 4.69) is 4.72 Å². The Labute approximate surface area is 153 Å². The highest BCUT2D eigenvalue weighted by molar-refractivity contribution is 7.89. The Hall–Kier alpha value is -2.51. The Balaban J connectivity index is 2.15. The molecule has 6 nitrogen and oxygen atoms in total. The fraction of sp³-hybridized carbons (Fsp3) is 0.263. The van der Waals surface area contributed by atoms with Crippen molar-refractivity contribution in [3.05, 3.63) is 64.2 Å². The number of ketones is 1. The molecule has 0 heterocycles. The van der Waals surface area contributed by atoms with Gasteiger partial charge < -0.3 is 4.74 Å². The third-order valence-electron chi connectivity index (χ3n) is 3.94. The van der Waals surface area contributed by atoms with E-state index in [-0.39, 0.29) is 16.2 Å². The number of hydrogen-bond donors (Lipinski definition) is 1. The largest absolute Gasteiger partial charge is 0.454 e. The van der Waals surface area contributed by atoms with E-state index < -0.39 is 22.6 Å². The maximum atomic E-state index is 12.4. The first-order chi connectivity index (χ1) is 12.2. The molecule has 0 spiro atoms. The van der Waals surface area contributed by atoms with E-state index in [1.807, 2.05) is 32.9 Å². The van der Waals surface area contributed by atoms with Crippen LogP contribution in [0.2, 0.25) is 0 Å². The molecule has 2 aromatic carbocycles. The SMILES string of the molecule is CNS(=O)(=O)c1cccc(C(=O)OCC(=O)c2c(C)cc(C)cc2C)c1. The van der Waals surface area contributed by atoms with Gasteiger partial charge >= 0.3 is 5.97 Å². The van der Waals surface area contributed by atoms with Gasteiger partial charge in [-0.05, 0) is 57.1 Å². The molecule has 0 aromatic heterocycles. The minimum absolute atomic E-state index is 0.0500. The molecule has 0 aliphatic heterocycles. The second-order valence-electron chi connectivity index (χ2n) is 6.01. The standard InChI is InChI=1S/C19H21NO5S/c1-12-8-13(2)18(14(3)9-12)17(21)11-25-19(22)15-6-5-7-16(10-15)26(23,24)20-4/h5-10,20H,11H2,1-4H3. The molecule has 0 fully saturated rings. The summed E-state index contributed by atoms with van der Waals surface area (Å²) >= 11 is 0. The Bertz CT molecular complexity index is 941. The van der Waals surface area contributed by atoms with Crippen molar-refractivity contribution in [3.63, 3.8) is 0 Å². The summed E-state index contributed by atoms with van der Waals surface area (Å²) in [6.07, 6.45) is 0. The highest BCUT2D eigenvalue weighted by Crippen LogP contribution is 2.18. The van der Waals surface area contributed by atoms with Crippen LogP contribution >= 0.6 is 0 Å². The lowest BCUT2D eigenvalue weighted by molar-refractivity contribution is 0.0474. The lowest BCUT2D eigenvalue weighted by atomic mass is 9.97. The number of sulfonamides is 1. The van der Waals surface area contributed by atoms with Crippen LogP contribution in [-0.4, -0.2) is 33.8 Å². The number of Topliss-reactive ketones (excluding diaryl/α,β-unsaturated/α-hetero) is 1. The minimum Gasteiger partial charge on any atom is -0.454 e. The number of ether oxygens (including phenoxy) is 1. The molecule has 26 heavy (non-hydrogen) atoms. The summed E-state index contributed by atoms with van der Waals surface area (Å²) in [5, 5.41) is 0. The Kier molecular flexibility index (Phi) is 5.94. The van der Waals surface area contributed by atoms with Crippen molar-refractivity contribution in [3.8, 4) is 0 Å². The van der Waals surface area contributed by atoms with Crippen molar-refractivity contribution in [2.75, 3.05) is 13.7 Å². The van der Waals surface area contributed by atoms with Crippen molar-refractivity contribution in [2.45, 2.75) is 25.7 Å². The molecule has 2 aromatic rings. The van der Waals surface area contributed by atoms with Crippen LogP contribution in [-0.2, 0) is 14.8 Å². The molecule has 7 heteroatoms. The second-order valence-corrected chi connectivity index (χ2v) is 7.89. The maximum absolute atomic E-state index is 12.4. The van der Waals surface area contributed by atoms with Crippen LogP contribution in [0.25, 0.3) is 0 Å². The van der Waals surface area contributed by atoms with Gasteiger partial charge in [0.25, 0.3) is 0 Å². The van der Waals surface area contributed by atoms with Crippen molar-refractivity contribution in [1.82, 2.24) is 4.72 Å². The fourth-order valence-electron chi connectivity index (χ4n) is 2.81. The van der Waals surface area contributed by atoms with Crippen LogP contribution in [0, 0.1) is 20.8 Å². The summed E-state index contributed by atoms with van der Waals surface area (Å²) in [6, 6.07) is 9.25.